The summed E-state index contributed by atoms with van der Waals surface area (Å²) in [6.45, 7) is 0.422. The molecule has 1 aliphatic rings. The van der Waals surface area contributed by atoms with E-state index in [4.69, 9.17) is 19.0 Å². The van der Waals surface area contributed by atoms with Gasteiger partial charge in [0.15, 0.2) is 0 Å². The Morgan fingerprint density at radius 3 is 2.67 bits per heavy atom. The molecule has 2 aromatic carbocycles. The van der Waals surface area contributed by atoms with Crippen LogP contribution in [0.4, 0.5) is 0 Å². The van der Waals surface area contributed by atoms with E-state index >= 15 is 0 Å². The van der Waals surface area contributed by atoms with Crippen molar-refractivity contribution in [3.63, 3.8) is 0 Å². The third-order valence-electron chi connectivity index (χ3n) is 4.67. The molecule has 1 N–H and O–H groups in total. The molecule has 6 nitrogen and oxygen atoms in total. The number of aryl methyl sites for hydroxylation is 1. The summed E-state index contributed by atoms with van der Waals surface area (Å²) in [5.74, 6) is -0.170. The smallest absolute Gasteiger partial charge is 0.339 e. The second kappa shape index (κ2) is 7.15. The fraction of sp³-hybridized carbons (Fsp3) is 0.238. The van der Waals surface area contributed by atoms with Crippen molar-refractivity contribution >= 4 is 16.9 Å². The summed E-state index contributed by atoms with van der Waals surface area (Å²) in [5, 5.41) is 10.1. The molecule has 0 spiro atoms. The van der Waals surface area contributed by atoms with Gasteiger partial charge in [0, 0.05) is 17.0 Å². The van der Waals surface area contributed by atoms with E-state index in [0.717, 1.165) is 35.8 Å². The van der Waals surface area contributed by atoms with E-state index in [0.29, 0.717) is 17.1 Å². The summed E-state index contributed by atoms with van der Waals surface area (Å²) >= 11 is 0. The van der Waals surface area contributed by atoms with E-state index in [1.807, 2.05) is 12.1 Å². The van der Waals surface area contributed by atoms with Crippen molar-refractivity contribution in [3.8, 4) is 11.5 Å². The SMILES string of the molecule is O=C(O)c1ccccc1OCCOc1ccc2c3c(c(=O)oc2c1)CCC3. The first-order chi connectivity index (χ1) is 13.1. The monoisotopic (exact) mass is 366 g/mol. The van der Waals surface area contributed by atoms with Crippen LogP contribution in [0.5, 0.6) is 11.5 Å². The molecule has 0 fully saturated rings. The molecule has 27 heavy (non-hydrogen) atoms. The third-order valence-corrected chi connectivity index (χ3v) is 4.67. The highest BCUT2D eigenvalue weighted by Gasteiger charge is 2.19. The Kier molecular flexibility index (Phi) is 4.54. The fourth-order valence-electron chi connectivity index (χ4n) is 3.43. The predicted molar refractivity (Wildman–Crippen MR) is 98.9 cm³/mol. The molecule has 138 valence electrons. The van der Waals surface area contributed by atoms with Gasteiger partial charge in [-0.1, -0.05) is 12.1 Å². The first-order valence-corrected chi connectivity index (χ1v) is 8.80. The predicted octanol–water partition coefficient (Wildman–Crippen LogP) is 3.44. The molecule has 1 aromatic heterocycles. The van der Waals surface area contributed by atoms with E-state index in [-0.39, 0.29) is 24.4 Å². The normalized spacial score (nSPS) is 12.7. The van der Waals surface area contributed by atoms with Crippen LogP contribution in [0.1, 0.15) is 27.9 Å². The summed E-state index contributed by atoms with van der Waals surface area (Å²) in [4.78, 5) is 23.2. The highest BCUT2D eigenvalue weighted by molar-refractivity contribution is 5.90. The van der Waals surface area contributed by atoms with Crippen molar-refractivity contribution in [2.75, 3.05) is 13.2 Å². The van der Waals surface area contributed by atoms with Crippen molar-refractivity contribution in [3.05, 3.63) is 69.6 Å². The van der Waals surface area contributed by atoms with E-state index in [9.17, 15) is 9.59 Å². The molecule has 1 aliphatic carbocycles. The summed E-state index contributed by atoms with van der Waals surface area (Å²) in [6.07, 6.45) is 2.65. The lowest BCUT2D eigenvalue weighted by Gasteiger charge is -2.11. The number of aromatic carboxylic acids is 1. The van der Waals surface area contributed by atoms with Crippen LogP contribution in [0.2, 0.25) is 0 Å². The first-order valence-electron chi connectivity index (χ1n) is 8.80. The number of hydrogen-bond acceptors (Lipinski definition) is 5. The highest BCUT2D eigenvalue weighted by atomic mass is 16.5. The second-order valence-corrected chi connectivity index (χ2v) is 6.36. The Balaban J connectivity index is 1.44. The largest absolute Gasteiger partial charge is 0.490 e. The fourth-order valence-corrected chi connectivity index (χ4v) is 3.43. The molecule has 6 heteroatoms. The number of carbonyl (C=O) groups is 1. The van der Waals surface area contributed by atoms with Crippen molar-refractivity contribution in [1.29, 1.82) is 0 Å². The molecular weight excluding hydrogens is 348 g/mol. The lowest BCUT2D eigenvalue weighted by molar-refractivity contribution is 0.0691. The number of rotatable bonds is 6. The molecule has 0 amide bonds. The Hall–Kier alpha value is -3.28. The summed E-state index contributed by atoms with van der Waals surface area (Å²) in [5.41, 5.74) is 2.25. The van der Waals surface area contributed by atoms with Gasteiger partial charge in [0.2, 0.25) is 0 Å². The molecule has 4 rings (SSSR count). The van der Waals surface area contributed by atoms with Crippen molar-refractivity contribution in [2.45, 2.75) is 19.3 Å². The zero-order valence-electron chi connectivity index (χ0n) is 14.6. The molecule has 0 radical (unpaired) electrons. The van der Waals surface area contributed by atoms with Crippen LogP contribution in [-0.2, 0) is 12.8 Å². The summed E-state index contributed by atoms with van der Waals surface area (Å²) in [7, 11) is 0. The van der Waals surface area contributed by atoms with Crippen molar-refractivity contribution < 1.29 is 23.8 Å². The van der Waals surface area contributed by atoms with E-state index in [2.05, 4.69) is 0 Å². The van der Waals surface area contributed by atoms with Gasteiger partial charge in [-0.2, -0.15) is 0 Å². The van der Waals surface area contributed by atoms with E-state index < -0.39 is 5.97 Å². The molecule has 0 atom stereocenters. The van der Waals surface area contributed by atoms with E-state index in [1.165, 1.54) is 6.07 Å². The maximum Gasteiger partial charge on any atom is 0.339 e. The van der Waals surface area contributed by atoms with Crippen LogP contribution in [-0.4, -0.2) is 24.3 Å². The van der Waals surface area contributed by atoms with Gasteiger partial charge in [-0.25, -0.2) is 9.59 Å². The van der Waals surface area contributed by atoms with Gasteiger partial charge in [-0.15, -0.1) is 0 Å². The molecule has 0 saturated carbocycles. The molecule has 3 aromatic rings. The minimum atomic E-state index is -1.04. The minimum absolute atomic E-state index is 0.110. The molecule has 0 bridgehead atoms. The number of ether oxygens (including phenoxy) is 2. The maximum absolute atomic E-state index is 12.1. The van der Waals surface area contributed by atoms with Gasteiger partial charge in [-0.05, 0) is 49.1 Å². The third kappa shape index (κ3) is 3.38. The van der Waals surface area contributed by atoms with Crippen LogP contribution in [0.25, 0.3) is 11.0 Å². The maximum atomic E-state index is 12.1. The number of para-hydroxylation sites is 1. The van der Waals surface area contributed by atoms with Crippen molar-refractivity contribution in [1.82, 2.24) is 0 Å². The average Bonchev–Trinajstić information content (AvgIpc) is 3.16. The van der Waals surface area contributed by atoms with Gasteiger partial charge in [-0.3, -0.25) is 0 Å². The van der Waals surface area contributed by atoms with E-state index in [1.54, 1.807) is 24.3 Å². The Bertz CT molecular complexity index is 1070. The summed E-state index contributed by atoms with van der Waals surface area (Å²) in [6, 6.07) is 11.9. The Morgan fingerprint density at radius 2 is 1.81 bits per heavy atom. The van der Waals surface area contributed by atoms with Gasteiger partial charge >= 0.3 is 11.6 Å². The zero-order chi connectivity index (χ0) is 18.8. The average molecular weight is 366 g/mol. The summed E-state index contributed by atoms with van der Waals surface area (Å²) < 4.78 is 16.6. The standard InChI is InChI=1S/C21H18O6/c22-20(23)17-4-1-2-7-18(17)26-11-10-25-13-8-9-15-14-5-3-6-16(14)21(24)27-19(15)12-13/h1-2,4,7-9,12H,3,5-6,10-11H2,(H,22,23). The minimum Gasteiger partial charge on any atom is -0.490 e. The van der Waals surface area contributed by atoms with Crippen LogP contribution < -0.4 is 15.1 Å². The molecule has 0 aliphatic heterocycles. The topological polar surface area (TPSA) is 86.0 Å². The van der Waals surface area contributed by atoms with Gasteiger partial charge in [0.1, 0.15) is 35.9 Å². The zero-order valence-corrected chi connectivity index (χ0v) is 14.6. The Labute approximate surface area is 155 Å². The molecular formula is C21H18O6. The number of benzene rings is 2. The van der Waals surface area contributed by atoms with Crippen LogP contribution in [0.15, 0.2) is 51.7 Å². The van der Waals surface area contributed by atoms with Crippen LogP contribution in [0.3, 0.4) is 0 Å². The quantitative estimate of drug-likeness (QED) is 0.531. The van der Waals surface area contributed by atoms with Crippen LogP contribution in [0, 0.1) is 0 Å². The molecule has 0 unspecified atom stereocenters. The lowest BCUT2D eigenvalue weighted by Crippen LogP contribution is -2.11. The van der Waals surface area contributed by atoms with Gasteiger partial charge in [0.05, 0.1) is 0 Å². The number of carboxylic acid groups (broad SMARTS) is 1. The van der Waals surface area contributed by atoms with Gasteiger partial charge < -0.3 is 19.0 Å². The number of fused-ring (bicyclic) bond motifs is 3. The highest BCUT2D eigenvalue weighted by Crippen LogP contribution is 2.29. The molecule has 1 heterocycles. The number of carboxylic acids is 1. The van der Waals surface area contributed by atoms with Crippen LogP contribution >= 0.6 is 0 Å². The first kappa shape index (κ1) is 17.1. The van der Waals surface area contributed by atoms with Gasteiger partial charge in [0.25, 0.3) is 0 Å². The lowest BCUT2D eigenvalue weighted by atomic mass is 10.1. The van der Waals surface area contributed by atoms with Crippen molar-refractivity contribution in [2.24, 2.45) is 0 Å². The second-order valence-electron chi connectivity index (χ2n) is 6.36. The number of hydrogen-bond donors (Lipinski definition) is 1. The molecule has 0 saturated heterocycles. The Morgan fingerprint density at radius 1 is 1.04 bits per heavy atom.